The zero-order chi connectivity index (χ0) is 31.7. The van der Waals surface area contributed by atoms with E-state index >= 15 is 0 Å². The van der Waals surface area contributed by atoms with Gasteiger partial charge in [0.25, 0.3) is 5.91 Å². The molecule has 3 N–H and O–H groups in total. The van der Waals surface area contributed by atoms with Crippen molar-refractivity contribution in [1.29, 1.82) is 0 Å². The van der Waals surface area contributed by atoms with Crippen molar-refractivity contribution in [3.63, 3.8) is 0 Å². The molecule has 2 aromatic heterocycles. The highest BCUT2D eigenvalue weighted by Gasteiger charge is 2.34. The molecule has 0 bridgehead atoms. The summed E-state index contributed by atoms with van der Waals surface area (Å²) in [6.45, 7) is 5.11. The Bertz CT molecular complexity index is 1790. The van der Waals surface area contributed by atoms with Crippen LogP contribution in [-0.4, -0.2) is 63.7 Å². The van der Waals surface area contributed by atoms with Crippen LogP contribution >= 0.6 is 0 Å². The second kappa shape index (κ2) is 12.5. The molecule has 1 saturated heterocycles. The van der Waals surface area contributed by atoms with Crippen molar-refractivity contribution in [3.8, 4) is 11.8 Å². The summed E-state index contributed by atoms with van der Waals surface area (Å²) in [7, 11) is 2.00. The Kier molecular flexibility index (Phi) is 8.53. The maximum atomic E-state index is 14.1. The largest absolute Gasteiger partial charge is 0.416 e. The number of nitrogen functional groups attached to an aromatic ring is 1. The first-order valence-corrected chi connectivity index (χ1v) is 15.2. The van der Waals surface area contributed by atoms with Gasteiger partial charge in [0.05, 0.1) is 17.0 Å². The number of rotatable bonds is 5. The number of anilines is 2. The summed E-state index contributed by atoms with van der Waals surface area (Å²) in [6.07, 6.45) is 1.46. The number of nitrogens with two attached hydrogens (primary N) is 1. The lowest BCUT2D eigenvalue weighted by molar-refractivity contribution is -0.138. The lowest BCUT2D eigenvalue weighted by atomic mass is 10.0. The van der Waals surface area contributed by atoms with Crippen molar-refractivity contribution >= 4 is 28.3 Å². The van der Waals surface area contributed by atoms with E-state index in [-0.39, 0.29) is 29.4 Å². The van der Waals surface area contributed by atoms with Crippen molar-refractivity contribution in [2.75, 3.05) is 44.3 Å². The number of amides is 1. The predicted octanol–water partition coefficient (Wildman–Crippen LogP) is 5.86. The summed E-state index contributed by atoms with van der Waals surface area (Å²) in [4.78, 5) is 21.9. The molecular weight excluding hydrogens is 579 g/mol. The molecule has 1 amide bonds. The number of benzene rings is 2. The average Bonchev–Trinajstić information content (AvgIpc) is 3.67. The number of hydrogen-bond acceptors (Lipinski definition) is 6. The van der Waals surface area contributed by atoms with Crippen LogP contribution in [0, 0.1) is 18.8 Å². The van der Waals surface area contributed by atoms with Crippen LogP contribution < -0.4 is 11.1 Å². The molecule has 0 radical (unpaired) electrons. The number of pyridine rings is 1. The Morgan fingerprint density at radius 2 is 1.80 bits per heavy atom. The Morgan fingerprint density at radius 1 is 1.04 bits per heavy atom. The van der Waals surface area contributed by atoms with E-state index in [1.165, 1.54) is 12.1 Å². The molecular formula is C34H36F3N7O. The molecule has 8 nitrogen and oxygen atoms in total. The molecule has 3 heterocycles. The first kappa shape index (κ1) is 30.6. The van der Waals surface area contributed by atoms with E-state index in [0.717, 1.165) is 50.4 Å². The molecule has 1 saturated carbocycles. The third-order valence-corrected chi connectivity index (χ3v) is 8.77. The van der Waals surface area contributed by atoms with Gasteiger partial charge in [-0.05, 0) is 74.2 Å². The van der Waals surface area contributed by atoms with Crippen LogP contribution in [0.1, 0.15) is 70.0 Å². The lowest BCUT2D eigenvalue weighted by Crippen LogP contribution is -2.44. The summed E-state index contributed by atoms with van der Waals surface area (Å²) in [5, 5.41) is 8.14. The van der Waals surface area contributed by atoms with Crippen LogP contribution in [-0.2, 0) is 12.7 Å². The number of aromatic nitrogens is 3. The molecule has 1 aliphatic heterocycles. The van der Waals surface area contributed by atoms with E-state index in [1.807, 2.05) is 23.6 Å². The van der Waals surface area contributed by atoms with Crippen molar-refractivity contribution in [2.45, 2.75) is 51.4 Å². The minimum absolute atomic E-state index is 0.0783. The van der Waals surface area contributed by atoms with E-state index in [4.69, 9.17) is 10.8 Å². The SMILES string of the molecule is Cc1ccc(C(=O)Nc2ccc(CN3CCN(C)CC3)c(C(F)(F)F)c2)cc1C#Cc1nn(C2CCCC2)c2nccc(N)c12. The van der Waals surface area contributed by atoms with E-state index in [0.29, 0.717) is 41.1 Å². The molecule has 2 aliphatic rings. The Balaban J connectivity index is 1.24. The van der Waals surface area contributed by atoms with Gasteiger partial charge in [0, 0.05) is 61.4 Å². The standard InChI is InChI=1S/C34H36F3N7O/c1-22-7-8-24(19-23(22)10-12-30-31-29(38)13-14-39-32(31)44(41-30)27-5-3-4-6-27)33(45)40-26-11-9-25(28(20-26)34(35,36)37)21-43-17-15-42(2)16-18-43/h7-9,11,13-14,19-20,27H,3-6,15-18,21H2,1-2H3,(H2,38,39)(H,40,45). The fourth-order valence-corrected chi connectivity index (χ4v) is 6.11. The van der Waals surface area contributed by atoms with Gasteiger partial charge in [-0.1, -0.05) is 30.9 Å². The van der Waals surface area contributed by atoms with E-state index in [9.17, 15) is 18.0 Å². The average molecular weight is 616 g/mol. The zero-order valence-corrected chi connectivity index (χ0v) is 25.4. The second-order valence-electron chi connectivity index (χ2n) is 12.0. The predicted molar refractivity (Wildman–Crippen MR) is 169 cm³/mol. The molecule has 4 aromatic rings. The third kappa shape index (κ3) is 6.67. The minimum atomic E-state index is -4.55. The Labute approximate surface area is 260 Å². The van der Waals surface area contributed by atoms with Crippen molar-refractivity contribution in [2.24, 2.45) is 0 Å². The van der Waals surface area contributed by atoms with E-state index < -0.39 is 17.6 Å². The number of carbonyl (C=O) groups is 1. The quantitative estimate of drug-likeness (QED) is 0.274. The van der Waals surface area contributed by atoms with Crippen LogP contribution in [0.4, 0.5) is 24.5 Å². The minimum Gasteiger partial charge on any atom is -0.398 e. The van der Waals surface area contributed by atoms with Crippen LogP contribution in [0.25, 0.3) is 11.0 Å². The first-order chi connectivity index (χ1) is 21.6. The highest BCUT2D eigenvalue weighted by Crippen LogP contribution is 2.35. The maximum absolute atomic E-state index is 14.1. The number of aryl methyl sites for hydroxylation is 1. The molecule has 234 valence electrons. The smallest absolute Gasteiger partial charge is 0.398 e. The Hall–Kier alpha value is -4.40. The van der Waals surface area contributed by atoms with Gasteiger partial charge < -0.3 is 16.0 Å². The first-order valence-electron chi connectivity index (χ1n) is 15.2. The van der Waals surface area contributed by atoms with Gasteiger partial charge in [0.15, 0.2) is 5.65 Å². The topological polar surface area (TPSA) is 92.3 Å². The molecule has 1 aliphatic carbocycles. The molecule has 6 rings (SSSR count). The zero-order valence-electron chi connectivity index (χ0n) is 25.4. The third-order valence-electron chi connectivity index (χ3n) is 8.77. The number of carbonyl (C=O) groups excluding carboxylic acids is 1. The van der Waals surface area contributed by atoms with Gasteiger partial charge >= 0.3 is 6.18 Å². The lowest BCUT2D eigenvalue weighted by Gasteiger charge is -2.33. The summed E-state index contributed by atoms with van der Waals surface area (Å²) in [5.74, 6) is 5.76. The normalized spacial score (nSPS) is 16.6. The van der Waals surface area contributed by atoms with Gasteiger partial charge in [0.1, 0.15) is 5.69 Å². The molecule has 11 heteroatoms. The van der Waals surface area contributed by atoms with Crippen molar-refractivity contribution in [3.05, 3.63) is 82.2 Å². The summed E-state index contributed by atoms with van der Waals surface area (Å²) >= 11 is 0. The molecule has 2 aromatic carbocycles. The maximum Gasteiger partial charge on any atom is 0.416 e. The number of alkyl halides is 3. The van der Waals surface area contributed by atoms with Gasteiger partial charge in [-0.25, -0.2) is 9.67 Å². The number of nitrogens with one attached hydrogen (secondary N) is 1. The van der Waals surface area contributed by atoms with E-state index in [2.05, 4.69) is 27.0 Å². The number of nitrogens with zero attached hydrogens (tertiary/aromatic N) is 5. The summed E-state index contributed by atoms with van der Waals surface area (Å²) in [5.41, 5.74) is 9.35. The number of hydrogen-bond donors (Lipinski definition) is 2. The number of halogens is 3. The molecule has 0 unspecified atom stereocenters. The monoisotopic (exact) mass is 615 g/mol. The van der Waals surface area contributed by atoms with Gasteiger partial charge in [0.2, 0.25) is 0 Å². The summed E-state index contributed by atoms with van der Waals surface area (Å²) in [6, 6.07) is 11.0. The van der Waals surface area contributed by atoms with Crippen LogP contribution in [0.2, 0.25) is 0 Å². The molecule has 2 fully saturated rings. The van der Waals surface area contributed by atoms with E-state index in [1.54, 1.807) is 30.5 Å². The molecule has 45 heavy (non-hydrogen) atoms. The van der Waals surface area contributed by atoms with Gasteiger partial charge in [-0.3, -0.25) is 9.69 Å². The highest BCUT2D eigenvalue weighted by molar-refractivity contribution is 6.04. The van der Waals surface area contributed by atoms with Crippen LogP contribution in [0.15, 0.2) is 48.7 Å². The highest BCUT2D eigenvalue weighted by atomic mass is 19.4. The van der Waals surface area contributed by atoms with Crippen LogP contribution in [0.3, 0.4) is 0 Å². The number of likely N-dealkylation sites (N-methyl/N-ethyl adjacent to an activating group) is 1. The molecule has 0 spiro atoms. The Morgan fingerprint density at radius 3 is 2.53 bits per heavy atom. The molecule has 0 atom stereocenters. The number of piperazine rings is 1. The van der Waals surface area contributed by atoms with Crippen LogP contribution in [0.5, 0.6) is 0 Å². The number of fused-ring (bicyclic) bond motifs is 1. The van der Waals surface area contributed by atoms with Crippen molar-refractivity contribution in [1.82, 2.24) is 24.6 Å². The van der Waals surface area contributed by atoms with Crippen molar-refractivity contribution < 1.29 is 18.0 Å². The van der Waals surface area contributed by atoms with Gasteiger partial charge in [-0.15, -0.1) is 0 Å². The summed E-state index contributed by atoms with van der Waals surface area (Å²) < 4.78 is 44.1. The fraction of sp³-hybridized carbons (Fsp3) is 0.382. The van der Waals surface area contributed by atoms with Gasteiger partial charge in [-0.2, -0.15) is 18.3 Å². The second-order valence-corrected chi connectivity index (χ2v) is 12.0. The fourth-order valence-electron chi connectivity index (χ4n) is 6.11.